The van der Waals surface area contributed by atoms with Crippen molar-refractivity contribution in [1.82, 2.24) is 10.6 Å². The number of hydrogen-bond donors (Lipinski definition) is 2. The molecular weight excluding hydrogens is 240 g/mol. The Morgan fingerprint density at radius 1 is 1.18 bits per heavy atom. The van der Waals surface area contributed by atoms with Crippen LogP contribution in [-0.4, -0.2) is 45.0 Å². The predicted molar refractivity (Wildman–Crippen MR) is 69.7 cm³/mol. The van der Waals surface area contributed by atoms with Crippen LogP contribution in [0.2, 0.25) is 0 Å². The first-order chi connectivity index (χ1) is 7.60. The van der Waals surface area contributed by atoms with Crippen LogP contribution in [0.25, 0.3) is 0 Å². The molecule has 0 radical (unpaired) electrons. The van der Waals surface area contributed by atoms with Gasteiger partial charge in [0.2, 0.25) is 5.91 Å². The lowest BCUT2D eigenvalue weighted by atomic mass is 10.1. The molecule has 102 valence electrons. The molecule has 0 aromatic rings. The molecule has 0 saturated heterocycles. The molecule has 0 spiro atoms. The highest BCUT2D eigenvalue weighted by molar-refractivity contribution is 7.90. The second kappa shape index (κ2) is 6.96. The number of carbonyl (C=O) groups excluding carboxylic acids is 1. The van der Waals surface area contributed by atoms with Crippen molar-refractivity contribution >= 4 is 15.7 Å². The summed E-state index contributed by atoms with van der Waals surface area (Å²) < 4.78 is 21.7. The summed E-state index contributed by atoms with van der Waals surface area (Å²) in [7, 11) is -2.87. The summed E-state index contributed by atoms with van der Waals surface area (Å²) in [4.78, 5) is 11.4. The molecule has 5 nitrogen and oxygen atoms in total. The summed E-state index contributed by atoms with van der Waals surface area (Å²) in [6, 6.07) is 0. The minimum absolute atomic E-state index is 0.00751. The fourth-order valence-electron chi connectivity index (χ4n) is 1.27. The maximum atomic E-state index is 11.4. The molecule has 0 aliphatic heterocycles. The summed E-state index contributed by atoms with van der Waals surface area (Å²) in [6.07, 6.45) is 2.22. The van der Waals surface area contributed by atoms with Crippen LogP contribution in [0.15, 0.2) is 0 Å². The number of nitrogens with one attached hydrogen (secondary N) is 2. The Kier molecular flexibility index (Phi) is 6.70. The van der Waals surface area contributed by atoms with Crippen LogP contribution in [0, 0.1) is 0 Å². The highest BCUT2D eigenvalue weighted by atomic mass is 32.2. The van der Waals surface area contributed by atoms with Crippen molar-refractivity contribution in [1.29, 1.82) is 0 Å². The quantitative estimate of drug-likeness (QED) is 0.649. The van der Waals surface area contributed by atoms with Gasteiger partial charge in [0.05, 0.1) is 5.75 Å². The number of carbonyl (C=O) groups is 1. The molecule has 0 aliphatic rings. The van der Waals surface area contributed by atoms with Crippen molar-refractivity contribution in [3.8, 4) is 0 Å². The van der Waals surface area contributed by atoms with Gasteiger partial charge in [-0.05, 0) is 33.7 Å². The van der Waals surface area contributed by atoms with E-state index in [0.29, 0.717) is 25.9 Å². The van der Waals surface area contributed by atoms with Crippen molar-refractivity contribution in [2.75, 3.05) is 25.1 Å². The van der Waals surface area contributed by atoms with Crippen LogP contribution < -0.4 is 10.6 Å². The Balaban J connectivity index is 3.50. The first-order valence-electron chi connectivity index (χ1n) is 5.80. The monoisotopic (exact) mass is 264 g/mol. The topological polar surface area (TPSA) is 75.3 Å². The first kappa shape index (κ1) is 16.4. The Morgan fingerprint density at radius 2 is 1.76 bits per heavy atom. The number of hydrogen-bond acceptors (Lipinski definition) is 4. The maximum Gasteiger partial charge on any atom is 0.221 e. The second-order valence-corrected chi connectivity index (χ2v) is 7.54. The van der Waals surface area contributed by atoms with Gasteiger partial charge in [-0.15, -0.1) is 0 Å². The van der Waals surface area contributed by atoms with Gasteiger partial charge in [-0.2, -0.15) is 0 Å². The van der Waals surface area contributed by atoms with E-state index in [9.17, 15) is 13.2 Å². The summed E-state index contributed by atoms with van der Waals surface area (Å²) in [6.45, 7) is 7.00. The van der Waals surface area contributed by atoms with Gasteiger partial charge in [-0.1, -0.05) is 0 Å². The SMILES string of the molecule is CC(C)(C)NC(=O)CCNCCCS(C)(=O)=O. The van der Waals surface area contributed by atoms with Gasteiger partial charge in [-0.3, -0.25) is 4.79 Å². The third kappa shape index (κ3) is 13.3. The largest absolute Gasteiger partial charge is 0.351 e. The molecule has 0 bridgehead atoms. The van der Waals surface area contributed by atoms with Crippen LogP contribution in [0.4, 0.5) is 0 Å². The number of amides is 1. The summed E-state index contributed by atoms with van der Waals surface area (Å²) in [5, 5.41) is 5.91. The minimum atomic E-state index is -2.87. The predicted octanol–water partition coefficient (Wildman–Crippen LogP) is 0.316. The minimum Gasteiger partial charge on any atom is -0.351 e. The van der Waals surface area contributed by atoms with Crippen LogP contribution in [0.5, 0.6) is 0 Å². The van der Waals surface area contributed by atoms with Gasteiger partial charge < -0.3 is 10.6 Å². The van der Waals surface area contributed by atoms with Crippen LogP contribution in [0.1, 0.15) is 33.6 Å². The lowest BCUT2D eigenvalue weighted by Crippen LogP contribution is -2.41. The summed E-state index contributed by atoms with van der Waals surface area (Å²) in [5.41, 5.74) is -0.201. The molecule has 0 rings (SSSR count). The fourth-order valence-corrected chi connectivity index (χ4v) is 1.94. The molecule has 17 heavy (non-hydrogen) atoms. The zero-order valence-electron chi connectivity index (χ0n) is 11.2. The summed E-state index contributed by atoms with van der Waals surface area (Å²) in [5.74, 6) is 0.196. The number of rotatable bonds is 7. The maximum absolute atomic E-state index is 11.4. The number of sulfone groups is 1. The third-order valence-electron chi connectivity index (χ3n) is 1.91. The van der Waals surface area contributed by atoms with E-state index in [1.165, 1.54) is 6.26 Å². The van der Waals surface area contributed by atoms with Gasteiger partial charge >= 0.3 is 0 Å². The third-order valence-corrected chi connectivity index (χ3v) is 2.94. The van der Waals surface area contributed by atoms with Crippen molar-refractivity contribution in [3.63, 3.8) is 0 Å². The normalized spacial score (nSPS) is 12.5. The van der Waals surface area contributed by atoms with Gasteiger partial charge in [0.1, 0.15) is 9.84 Å². The molecule has 0 fully saturated rings. The van der Waals surface area contributed by atoms with Gasteiger partial charge in [0, 0.05) is 24.8 Å². The van der Waals surface area contributed by atoms with Crippen molar-refractivity contribution in [2.45, 2.75) is 39.2 Å². The standard InChI is InChI=1S/C11H24N2O3S/c1-11(2,3)13-10(14)6-8-12-7-5-9-17(4,15)16/h12H,5-9H2,1-4H3,(H,13,14). The van der Waals surface area contributed by atoms with E-state index in [1.807, 2.05) is 20.8 Å². The highest BCUT2D eigenvalue weighted by Gasteiger charge is 2.12. The van der Waals surface area contributed by atoms with E-state index >= 15 is 0 Å². The average Bonchev–Trinajstić information content (AvgIpc) is 2.06. The molecule has 0 aliphatic carbocycles. The van der Waals surface area contributed by atoms with Crippen LogP contribution in [-0.2, 0) is 14.6 Å². The van der Waals surface area contributed by atoms with Crippen molar-refractivity contribution in [3.05, 3.63) is 0 Å². The molecule has 0 atom stereocenters. The molecular formula is C11H24N2O3S. The van der Waals surface area contributed by atoms with E-state index in [2.05, 4.69) is 10.6 Å². The zero-order valence-corrected chi connectivity index (χ0v) is 12.0. The second-order valence-electron chi connectivity index (χ2n) is 5.28. The van der Waals surface area contributed by atoms with E-state index in [-0.39, 0.29) is 17.2 Å². The van der Waals surface area contributed by atoms with E-state index in [1.54, 1.807) is 0 Å². The van der Waals surface area contributed by atoms with Crippen molar-refractivity contribution < 1.29 is 13.2 Å². The van der Waals surface area contributed by atoms with E-state index in [4.69, 9.17) is 0 Å². The average molecular weight is 264 g/mol. The highest BCUT2D eigenvalue weighted by Crippen LogP contribution is 1.98. The molecule has 0 heterocycles. The molecule has 2 N–H and O–H groups in total. The van der Waals surface area contributed by atoms with E-state index in [0.717, 1.165) is 0 Å². The van der Waals surface area contributed by atoms with Gasteiger partial charge in [-0.25, -0.2) is 8.42 Å². The van der Waals surface area contributed by atoms with Gasteiger partial charge in [0.25, 0.3) is 0 Å². The fraction of sp³-hybridized carbons (Fsp3) is 0.909. The van der Waals surface area contributed by atoms with Crippen LogP contribution >= 0.6 is 0 Å². The Labute approximate surface area is 104 Å². The van der Waals surface area contributed by atoms with Gasteiger partial charge in [0.15, 0.2) is 0 Å². The molecule has 0 aromatic carbocycles. The lowest BCUT2D eigenvalue weighted by molar-refractivity contribution is -0.122. The molecule has 1 amide bonds. The smallest absolute Gasteiger partial charge is 0.221 e. The molecule has 0 aromatic heterocycles. The Hall–Kier alpha value is -0.620. The Bertz CT molecular complexity index is 331. The molecule has 6 heteroatoms. The van der Waals surface area contributed by atoms with Crippen LogP contribution in [0.3, 0.4) is 0 Å². The molecule has 0 saturated carbocycles. The lowest BCUT2D eigenvalue weighted by Gasteiger charge is -2.20. The summed E-state index contributed by atoms with van der Waals surface area (Å²) >= 11 is 0. The Morgan fingerprint density at radius 3 is 2.24 bits per heavy atom. The first-order valence-corrected chi connectivity index (χ1v) is 7.86. The molecule has 0 unspecified atom stereocenters. The van der Waals surface area contributed by atoms with E-state index < -0.39 is 9.84 Å². The zero-order chi connectivity index (χ0) is 13.5. The van der Waals surface area contributed by atoms with Crippen molar-refractivity contribution in [2.24, 2.45) is 0 Å².